The van der Waals surface area contributed by atoms with Crippen molar-refractivity contribution in [3.05, 3.63) is 77.5 Å². The number of nitrogens with zero attached hydrogens (tertiary/aromatic N) is 5. The van der Waals surface area contributed by atoms with Gasteiger partial charge in [-0.05, 0) is 97.5 Å². The van der Waals surface area contributed by atoms with E-state index in [4.69, 9.17) is 4.74 Å². The van der Waals surface area contributed by atoms with E-state index in [2.05, 4.69) is 42.3 Å². The number of pyridine rings is 1. The summed E-state index contributed by atoms with van der Waals surface area (Å²) in [4.78, 5) is 38.1. The summed E-state index contributed by atoms with van der Waals surface area (Å²) in [6.45, 7) is 2.90. The molecule has 11 nitrogen and oxygen atoms in total. The number of hydrogen-bond acceptors (Lipinski definition) is 7. The topological polar surface area (TPSA) is 117 Å². The number of amides is 2. The molecule has 278 valence electrons. The van der Waals surface area contributed by atoms with Gasteiger partial charge >= 0.3 is 10.2 Å². The summed E-state index contributed by atoms with van der Waals surface area (Å²) < 4.78 is 36.7. The largest absolute Gasteiger partial charge is 0.497 e. The number of benzene rings is 2. The average Bonchev–Trinajstić information content (AvgIpc) is 3.63. The second kappa shape index (κ2) is 12.9. The van der Waals surface area contributed by atoms with Crippen molar-refractivity contribution in [2.75, 3.05) is 45.7 Å². The lowest BCUT2D eigenvalue weighted by molar-refractivity contribution is -0.142. The molecule has 53 heavy (non-hydrogen) atoms. The number of nitrogens with one attached hydrogen (secondary N) is 1. The molecule has 0 spiro atoms. The third-order valence-electron chi connectivity index (χ3n) is 12.9. The van der Waals surface area contributed by atoms with Crippen molar-refractivity contribution in [2.45, 2.75) is 75.8 Å². The van der Waals surface area contributed by atoms with Crippen molar-refractivity contribution in [3.63, 3.8) is 0 Å². The molecule has 5 aliphatic rings. The number of methoxy groups -OCH3 is 1. The molecule has 3 aliphatic heterocycles. The first-order valence-electron chi connectivity index (χ1n) is 19.2. The summed E-state index contributed by atoms with van der Waals surface area (Å²) in [6, 6.07) is 18.1. The van der Waals surface area contributed by atoms with E-state index in [1.54, 1.807) is 13.2 Å². The summed E-state index contributed by atoms with van der Waals surface area (Å²) >= 11 is 0. The highest BCUT2D eigenvalue weighted by atomic mass is 32.2. The predicted octanol–water partition coefficient (Wildman–Crippen LogP) is 5.91. The Morgan fingerprint density at radius 3 is 2.57 bits per heavy atom. The summed E-state index contributed by atoms with van der Waals surface area (Å²) in [5.41, 5.74) is 5.17. The van der Waals surface area contributed by atoms with Crippen LogP contribution in [0.4, 0.5) is 5.82 Å². The SMILES string of the molecule is COc1ccc2c(c1)C1CC1(C(=O)N1CCCC3CN(c4ccccn4)CC31)Cn1c-2c(C2CCCCC2)c2ccc(C(=O)NS(=O)(=O)N(C)C)cc21. The summed E-state index contributed by atoms with van der Waals surface area (Å²) in [5.74, 6) is 2.04. The van der Waals surface area contributed by atoms with E-state index in [9.17, 15) is 13.2 Å². The molecule has 4 fully saturated rings. The molecular formula is C41H48N6O5S. The maximum atomic E-state index is 15.4. The van der Waals surface area contributed by atoms with Crippen molar-refractivity contribution < 1.29 is 22.7 Å². The lowest BCUT2D eigenvalue weighted by Gasteiger charge is -2.39. The minimum atomic E-state index is -3.99. The van der Waals surface area contributed by atoms with Crippen LogP contribution in [0.2, 0.25) is 0 Å². The van der Waals surface area contributed by atoms with Crippen LogP contribution in [0.15, 0.2) is 60.8 Å². The number of carbonyl (C=O) groups excluding carboxylic acids is 2. The van der Waals surface area contributed by atoms with Crippen LogP contribution in [0.5, 0.6) is 5.75 Å². The van der Waals surface area contributed by atoms with Gasteiger partial charge in [-0.2, -0.15) is 12.7 Å². The Bertz CT molecular complexity index is 2210. The molecule has 1 N–H and O–H groups in total. The molecule has 9 rings (SSSR count). The van der Waals surface area contributed by atoms with Crippen LogP contribution in [0.1, 0.15) is 84.7 Å². The van der Waals surface area contributed by atoms with Crippen LogP contribution in [0.25, 0.3) is 22.2 Å². The van der Waals surface area contributed by atoms with Gasteiger partial charge in [0.25, 0.3) is 5.91 Å². The lowest BCUT2D eigenvalue weighted by atomic mass is 9.81. The van der Waals surface area contributed by atoms with Gasteiger partial charge in [-0.25, -0.2) is 9.71 Å². The maximum Gasteiger partial charge on any atom is 0.303 e. The molecular weight excluding hydrogens is 689 g/mol. The van der Waals surface area contributed by atoms with Crippen molar-refractivity contribution in [1.29, 1.82) is 0 Å². The highest BCUT2D eigenvalue weighted by molar-refractivity contribution is 7.87. The van der Waals surface area contributed by atoms with Gasteiger partial charge in [-0.15, -0.1) is 0 Å². The zero-order valence-corrected chi connectivity index (χ0v) is 31.6. The van der Waals surface area contributed by atoms with Gasteiger partial charge in [-0.3, -0.25) is 9.59 Å². The van der Waals surface area contributed by atoms with E-state index in [-0.39, 0.29) is 23.4 Å². The third-order valence-corrected chi connectivity index (χ3v) is 14.3. The monoisotopic (exact) mass is 736 g/mol. The third kappa shape index (κ3) is 5.62. The molecule has 4 unspecified atom stereocenters. The zero-order valence-electron chi connectivity index (χ0n) is 30.8. The van der Waals surface area contributed by atoms with Gasteiger partial charge in [0, 0.05) is 74.4 Å². The van der Waals surface area contributed by atoms with Crippen LogP contribution < -0.4 is 14.4 Å². The molecule has 4 aromatic rings. The summed E-state index contributed by atoms with van der Waals surface area (Å²) in [7, 11) is 0.490. The zero-order chi connectivity index (χ0) is 36.6. The number of hydrogen-bond donors (Lipinski definition) is 1. The molecule has 0 bridgehead atoms. The Kier molecular flexibility index (Phi) is 8.34. The van der Waals surface area contributed by atoms with Gasteiger partial charge in [0.15, 0.2) is 0 Å². The second-order valence-electron chi connectivity index (χ2n) is 16.1. The quantitative estimate of drug-likeness (QED) is 0.251. The highest BCUT2D eigenvalue weighted by Gasteiger charge is 2.65. The van der Waals surface area contributed by atoms with Gasteiger partial charge in [-0.1, -0.05) is 31.4 Å². The molecule has 4 atom stereocenters. The number of aromatic nitrogens is 2. The van der Waals surface area contributed by atoms with E-state index in [0.29, 0.717) is 18.4 Å². The molecule has 0 radical (unpaired) electrons. The van der Waals surface area contributed by atoms with E-state index in [1.165, 1.54) is 26.1 Å². The Morgan fingerprint density at radius 2 is 1.81 bits per heavy atom. The number of rotatable bonds is 7. The van der Waals surface area contributed by atoms with Crippen LogP contribution >= 0.6 is 0 Å². The summed E-state index contributed by atoms with van der Waals surface area (Å²) in [5, 5.41) is 1.07. The highest BCUT2D eigenvalue weighted by Crippen LogP contribution is 2.66. The van der Waals surface area contributed by atoms with Crippen molar-refractivity contribution >= 4 is 38.7 Å². The fourth-order valence-corrected chi connectivity index (χ4v) is 10.7. The van der Waals surface area contributed by atoms with E-state index >= 15 is 4.79 Å². The first kappa shape index (κ1) is 34.4. The Balaban J connectivity index is 1.18. The van der Waals surface area contributed by atoms with Crippen LogP contribution in [0, 0.1) is 11.3 Å². The lowest BCUT2D eigenvalue weighted by Crippen LogP contribution is -2.52. The van der Waals surface area contributed by atoms with Gasteiger partial charge in [0.1, 0.15) is 11.6 Å². The number of fused-ring (bicyclic) bond motifs is 8. The Hall–Kier alpha value is -4.42. The minimum absolute atomic E-state index is 0.0274. The van der Waals surface area contributed by atoms with E-state index in [0.717, 1.165) is 108 Å². The first-order valence-corrected chi connectivity index (χ1v) is 20.6. The second-order valence-corrected chi connectivity index (χ2v) is 17.9. The number of carbonyl (C=O) groups is 2. The Morgan fingerprint density at radius 1 is 0.981 bits per heavy atom. The number of ether oxygens (including phenoxy) is 1. The van der Waals surface area contributed by atoms with Crippen LogP contribution in [0.3, 0.4) is 0 Å². The molecule has 12 heteroatoms. The average molecular weight is 737 g/mol. The molecule has 2 aromatic carbocycles. The number of anilines is 1. The van der Waals surface area contributed by atoms with Gasteiger partial charge in [0.05, 0.1) is 24.3 Å². The Labute approximate surface area is 311 Å². The van der Waals surface area contributed by atoms with Gasteiger partial charge in [0.2, 0.25) is 5.91 Å². The van der Waals surface area contributed by atoms with Crippen molar-refractivity contribution in [1.82, 2.24) is 23.5 Å². The van der Waals surface area contributed by atoms with Crippen molar-refractivity contribution in [2.24, 2.45) is 11.3 Å². The van der Waals surface area contributed by atoms with Crippen LogP contribution in [-0.2, 0) is 21.5 Å². The summed E-state index contributed by atoms with van der Waals surface area (Å²) in [6.07, 6.45) is 10.4. The molecule has 2 saturated carbocycles. The minimum Gasteiger partial charge on any atom is -0.497 e. The van der Waals surface area contributed by atoms with Gasteiger partial charge < -0.3 is 19.1 Å². The normalized spacial score (nSPS) is 25.3. The standard InChI is InChI=1S/C41H48N6O5S/c1-44(2)53(50,51)43-39(48)27-14-16-31-34(20-27)47-25-41(40(49)46-19-9-12-28-23-45(24-35(28)46)36-13-7-8-18-42-36)22-33(41)32-21-29(52-3)15-17-30(32)38(47)37(31)26-10-5-4-6-11-26/h7-8,13-18,20-21,26,28,33,35H,4-6,9-12,19,22-25H2,1-3H3,(H,43,48). The van der Waals surface area contributed by atoms with E-state index < -0.39 is 21.5 Å². The molecule has 2 saturated heterocycles. The number of piperidine rings is 1. The fraction of sp³-hybridized carbons (Fsp3) is 0.488. The smallest absolute Gasteiger partial charge is 0.303 e. The number of likely N-dealkylation sites (tertiary alicyclic amines) is 1. The molecule has 5 heterocycles. The predicted molar refractivity (Wildman–Crippen MR) is 204 cm³/mol. The maximum absolute atomic E-state index is 15.4. The molecule has 2 amide bonds. The molecule has 2 aliphatic carbocycles. The molecule has 2 aromatic heterocycles. The van der Waals surface area contributed by atoms with E-state index in [1.807, 2.05) is 36.5 Å². The first-order chi connectivity index (χ1) is 25.6. The van der Waals surface area contributed by atoms with Crippen molar-refractivity contribution in [3.8, 4) is 17.0 Å². The van der Waals surface area contributed by atoms with Crippen LogP contribution in [-0.4, -0.2) is 85.9 Å². The fourth-order valence-electron chi connectivity index (χ4n) is 10.1.